The van der Waals surface area contributed by atoms with Crippen LogP contribution in [0, 0.1) is 0 Å². The number of hydrogen-bond acceptors (Lipinski definition) is 2. The minimum Gasteiger partial charge on any atom is -0.456 e. The van der Waals surface area contributed by atoms with Crippen LogP contribution in [-0.2, 0) is 5.41 Å². The lowest BCUT2D eigenvalue weighted by atomic mass is 9.74. The van der Waals surface area contributed by atoms with Crippen molar-refractivity contribution in [2.24, 2.45) is 0 Å². The maximum atomic E-state index is 6.63. The summed E-state index contributed by atoms with van der Waals surface area (Å²) in [7, 11) is 0. The van der Waals surface area contributed by atoms with Gasteiger partial charge in [0.1, 0.15) is 11.2 Å². The molecule has 0 N–H and O–H groups in total. The predicted octanol–water partition coefficient (Wildman–Crippen LogP) is 13.7. The van der Waals surface area contributed by atoms with Crippen LogP contribution in [0.5, 0.6) is 0 Å². The minimum atomic E-state index is -0.305. The monoisotopic (exact) mass is 665 g/mol. The fraction of sp³-hybridized carbons (Fsp3) is 0.0400. The second-order valence-electron chi connectivity index (χ2n) is 13.8. The lowest BCUT2D eigenvalue weighted by Crippen LogP contribution is -2.22. The fourth-order valence-electron chi connectivity index (χ4n) is 8.36. The molecule has 0 atom stereocenters. The summed E-state index contributed by atoms with van der Waals surface area (Å²) in [5.41, 5.74) is 16.0. The lowest BCUT2D eigenvalue weighted by molar-refractivity contribution is 0.667. The lowest BCUT2D eigenvalue weighted by Gasteiger charge is -2.28. The van der Waals surface area contributed by atoms with E-state index in [1.165, 1.54) is 50.1 Å². The maximum Gasteiger partial charge on any atom is 0.137 e. The van der Waals surface area contributed by atoms with Gasteiger partial charge in [-0.25, -0.2) is 0 Å². The number of benzene rings is 8. The van der Waals surface area contributed by atoms with Crippen molar-refractivity contribution in [2.45, 2.75) is 12.3 Å². The highest BCUT2D eigenvalue weighted by atomic mass is 16.3. The van der Waals surface area contributed by atoms with Crippen LogP contribution >= 0.6 is 0 Å². The van der Waals surface area contributed by atoms with Crippen molar-refractivity contribution >= 4 is 39.0 Å². The van der Waals surface area contributed by atoms with E-state index in [9.17, 15) is 0 Å². The Balaban J connectivity index is 1.17. The summed E-state index contributed by atoms with van der Waals surface area (Å²) in [5.74, 6) is 0. The topological polar surface area (TPSA) is 16.4 Å². The molecule has 1 aliphatic rings. The SMILES string of the molecule is CC1(c2ccc3oc4cccc(N(c5ccc(-c6ccccc6)cc5)c5ccc(-c6ccccc6)cc5)c4c3c2)c2ccccc2-c2ccccc21. The quantitative estimate of drug-likeness (QED) is 0.176. The molecule has 1 aromatic heterocycles. The Morgan fingerprint density at radius 3 is 1.48 bits per heavy atom. The van der Waals surface area contributed by atoms with Gasteiger partial charge in [0, 0.05) is 22.2 Å². The maximum absolute atomic E-state index is 6.63. The van der Waals surface area contributed by atoms with Gasteiger partial charge in [0.2, 0.25) is 0 Å². The van der Waals surface area contributed by atoms with Crippen molar-refractivity contribution in [1.82, 2.24) is 0 Å². The predicted molar refractivity (Wildman–Crippen MR) is 217 cm³/mol. The third-order valence-corrected chi connectivity index (χ3v) is 11.0. The summed E-state index contributed by atoms with van der Waals surface area (Å²) in [6.07, 6.45) is 0. The van der Waals surface area contributed by atoms with Gasteiger partial charge >= 0.3 is 0 Å². The molecule has 0 saturated carbocycles. The smallest absolute Gasteiger partial charge is 0.137 e. The highest BCUT2D eigenvalue weighted by Crippen LogP contribution is 2.53. The van der Waals surface area contributed by atoms with E-state index in [4.69, 9.17) is 4.42 Å². The highest BCUT2D eigenvalue weighted by molar-refractivity contribution is 6.13. The van der Waals surface area contributed by atoms with Gasteiger partial charge in [-0.2, -0.15) is 0 Å². The zero-order valence-corrected chi connectivity index (χ0v) is 28.8. The van der Waals surface area contributed by atoms with Gasteiger partial charge in [-0.15, -0.1) is 0 Å². The van der Waals surface area contributed by atoms with Crippen molar-refractivity contribution in [3.8, 4) is 33.4 Å². The number of anilines is 3. The van der Waals surface area contributed by atoms with Crippen molar-refractivity contribution < 1.29 is 4.42 Å². The minimum absolute atomic E-state index is 0.305. The van der Waals surface area contributed by atoms with E-state index in [2.05, 4.69) is 206 Å². The van der Waals surface area contributed by atoms with Crippen molar-refractivity contribution in [3.05, 3.63) is 211 Å². The molecule has 246 valence electrons. The van der Waals surface area contributed by atoms with Crippen LogP contribution in [0.1, 0.15) is 23.6 Å². The van der Waals surface area contributed by atoms with Gasteiger partial charge in [-0.05, 0) is 106 Å². The van der Waals surface area contributed by atoms with Crippen molar-refractivity contribution in [1.29, 1.82) is 0 Å². The van der Waals surface area contributed by atoms with E-state index >= 15 is 0 Å². The Morgan fingerprint density at radius 1 is 0.423 bits per heavy atom. The van der Waals surface area contributed by atoms with E-state index in [-0.39, 0.29) is 5.41 Å². The van der Waals surface area contributed by atoms with E-state index < -0.39 is 0 Å². The van der Waals surface area contributed by atoms with E-state index in [0.717, 1.165) is 39.0 Å². The standard InChI is InChI=1S/C50H35NO/c1-50(44-19-10-8-17-41(44)42-18-9-11-20-45(42)50)38-27-32-47-43(33-38)49-46(21-12-22-48(49)52-47)51(39-28-23-36(24-29-39)34-13-4-2-5-14-34)40-30-25-37(26-31-40)35-15-6-3-7-16-35/h2-33H,1H3. The molecule has 52 heavy (non-hydrogen) atoms. The largest absolute Gasteiger partial charge is 0.456 e. The van der Waals surface area contributed by atoms with Gasteiger partial charge in [0.05, 0.1) is 11.1 Å². The first kappa shape index (κ1) is 30.2. The number of hydrogen-bond donors (Lipinski definition) is 0. The molecule has 9 aromatic rings. The third-order valence-electron chi connectivity index (χ3n) is 11.0. The Morgan fingerprint density at radius 2 is 0.923 bits per heavy atom. The molecular formula is C50H35NO. The van der Waals surface area contributed by atoms with Gasteiger partial charge in [-0.1, -0.05) is 146 Å². The molecule has 0 aliphatic heterocycles. The van der Waals surface area contributed by atoms with Gasteiger partial charge in [0.25, 0.3) is 0 Å². The molecule has 0 radical (unpaired) electrons. The van der Waals surface area contributed by atoms with Crippen LogP contribution in [0.15, 0.2) is 199 Å². The highest BCUT2D eigenvalue weighted by Gasteiger charge is 2.40. The van der Waals surface area contributed by atoms with Crippen LogP contribution in [0.2, 0.25) is 0 Å². The van der Waals surface area contributed by atoms with Gasteiger partial charge < -0.3 is 9.32 Å². The van der Waals surface area contributed by atoms with Crippen molar-refractivity contribution in [2.75, 3.05) is 4.90 Å². The summed E-state index contributed by atoms with van der Waals surface area (Å²) >= 11 is 0. The first-order chi connectivity index (χ1) is 25.7. The molecule has 10 rings (SSSR count). The summed E-state index contributed by atoms with van der Waals surface area (Å²) in [4.78, 5) is 2.37. The molecule has 2 nitrogen and oxygen atoms in total. The first-order valence-corrected chi connectivity index (χ1v) is 17.9. The summed E-state index contributed by atoms with van der Waals surface area (Å²) < 4.78 is 6.63. The van der Waals surface area contributed by atoms with E-state index in [0.29, 0.717) is 0 Å². The number of fused-ring (bicyclic) bond motifs is 6. The molecule has 8 aromatic carbocycles. The molecule has 2 heteroatoms. The molecule has 0 saturated heterocycles. The Labute approximate surface area is 303 Å². The molecular weight excluding hydrogens is 631 g/mol. The van der Waals surface area contributed by atoms with Crippen LogP contribution in [0.3, 0.4) is 0 Å². The summed E-state index contributed by atoms with van der Waals surface area (Å²) in [6.45, 7) is 2.37. The molecule has 0 fully saturated rings. The normalized spacial score (nSPS) is 12.9. The average molecular weight is 666 g/mol. The second kappa shape index (κ2) is 12.0. The van der Waals surface area contributed by atoms with E-state index in [1.54, 1.807) is 0 Å². The Hall–Kier alpha value is -6.64. The number of rotatable bonds is 6. The molecule has 0 bridgehead atoms. The zero-order chi connectivity index (χ0) is 34.6. The molecule has 1 heterocycles. The second-order valence-corrected chi connectivity index (χ2v) is 13.8. The van der Waals surface area contributed by atoms with Crippen LogP contribution in [0.25, 0.3) is 55.3 Å². The molecule has 1 aliphatic carbocycles. The molecule has 0 amide bonds. The summed E-state index contributed by atoms with van der Waals surface area (Å²) in [5, 5.41) is 2.21. The van der Waals surface area contributed by atoms with E-state index in [1.807, 2.05) is 0 Å². The van der Waals surface area contributed by atoms with Crippen LogP contribution < -0.4 is 4.90 Å². The van der Waals surface area contributed by atoms with Gasteiger partial charge in [-0.3, -0.25) is 0 Å². The third kappa shape index (κ3) is 4.72. The number of nitrogens with zero attached hydrogens (tertiary/aromatic N) is 1. The Kier molecular flexibility index (Phi) is 6.97. The molecule has 0 spiro atoms. The summed E-state index contributed by atoms with van der Waals surface area (Å²) in [6, 6.07) is 69.8. The van der Waals surface area contributed by atoms with Gasteiger partial charge in [0.15, 0.2) is 0 Å². The average Bonchev–Trinajstić information content (AvgIpc) is 3.73. The molecule has 0 unspecified atom stereocenters. The first-order valence-electron chi connectivity index (χ1n) is 17.9. The number of furan rings is 1. The Bertz CT molecular complexity index is 2600. The van der Waals surface area contributed by atoms with Crippen LogP contribution in [0.4, 0.5) is 17.1 Å². The fourth-order valence-corrected chi connectivity index (χ4v) is 8.36. The zero-order valence-electron chi connectivity index (χ0n) is 28.8. The van der Waals surface area contributed by atoms with Crippen molar-refractivity contribution in [3.63, 3.8) is 0 Å². The van der Waals surface area contributed by atoms with Crippen LogP contribution in [-0.4, -0.2) is 0 Å².